The number of carbonyl (C=O) groups is 2. The summed E-state index contributed by atoms with van der Waals surface area (Å²) in [4.78, 5) is 31.6. The van der Waals surface area contributed by atoms with Crippen LogP contribution in [0.5, 0.6) is 0 Å². The second kappa shape index (κ2) is 6.53. The van der Waals surface area contributed by atoms with Gasteiger partial charge in [0.2, 0.25) is 5.91 Å². The first-order valence-electron chi connectivity index (χ1n) is 7.50. The van der Waals surface area contributed by atoms with Crippen LogP contribution in [0.15, 0.2) is 36.7 Å². The largest absolute Gasteiger partial charge is 0.480 e. The van der Waals surface area contributed by atoms with Crippen LogP contribution < -0.4 is 16.0 Å². The lowest BCUT2D eigenvalue weighted by Gasteiger charge is -2.25. The third-order valence-corrected chi connectivity index (χ3v) is 3.73. The third-order valence-electron chi connectivity index (χ3n) is 3.73. The zero-order valence-electron chi connectivity index (χ0n) is 13.0. The fraction of sp³-hybridized carbons (Fsp3) is 0.250. The number of aromatic nitrogens is 2. The molecule has 2 aromatic rings. The molecule has 2 atom stereocenters. The molecule has 0 saturated carbocycles. The van der Waals surface area contributed by atoms with Crippen LogP contribution in [-0.4, -0.2) is 39.0 Å². The summed E-state index contributed by atoms with van der Waals surface area (Å²) in [6.07, 6.45) is 1.60. The van der Waals surface area contributed by atoms with Crippen molar-refractivity contribution in [2.75, 3.05) is 16.0 Å². The Labute approximate surface area is 138 Å². The number of carboxylic acids is 1. The van der Waals surface area contributed by atoms with Gasteiger partial charge in [-0.1, -0.05) is 30.3 Å². The fourth-order valence-electron chi connectivity index (χ4n) is 2.44. The standard InChI is InChI=1S/C16H17N5O3/c1-9-15(22)21-12-13(19-9)17-8-18-14(12)20-11(16(23)24)7-10-5-3-2-4-6-10/h2-6,8-9,11H,7H2,1H3,(H,21,22)(H,23,24)(H2,17,18,19,20). The molecule has 8 nitrogen and oxygen atoms in total. The molecule has 24 heavy (non-hydrogen) atoms. The van der Waals surface area contributed by atoms with Gasteiger partial charge in [-0.2, -0.15) is 0 Å². The highest BCUT2D eigenvalue weighted by Gasteiger charge is 2.27. The van der Waals surface area contributed by atoms with E-state index >= 15 is 0 Å². The van der Waals surface area contributed by atoms with Gasteiger partial charge in [0, 0.05) is 6.42 Å². The number of hydrogen-bond donors (Lipinski definition) is 4. The third kappa shape index (κ3) is 3.27. The van der Waals surface area contributed by atoms with Gasteiger partial charge >= 0.3 is 5.97 Å². The van der Waals surface area contributed by atoms with E-state index in [4.69, 9.17) is 0 Å². The molecule has 0 saturated heterocycles. The number of rotatable bonds is 5. The molecule has 0 aliphatic carbocycles. The number of anilines is 3. The number of aliphatic carboxylic acids is 1. The highest BCUT2D eigenvalue weighted by molar-refractivity contribution is 6.04. The van der Waals surface area contributed by atoms with E-state index in [2.05, 4.69) is 25.9 Å². The van der Waals surface area contributed by atoms with Crippen molar-refractivity contribution in [3.05, 3.63) is 42.2 Å². The van der Waals surface area contributed by atoms with E-state index < -0.39 is 18.1 Å². The van der Waals surface area contributed by atoms with Crippen LogP contribution >= 0.6 is 0 Å². The van der Waals surface area contributed by atoms with Gasteiger partial charge in [0.1, 0.15) is 24.1 Å². The number of nitrogens with zero attached hydrogens (tertiary/aromatic N) is 2. The lowest BCUT2D eigenvalue weighted by Crippen LogP contribution is -2.38. The topological polar surface area (TPSA) is 116 Å². The molecule has 2 unspecified atom stereocenters. The molecular formula is C16H17N5O3. The van der Waals surface area contributed by atoms with E-state index in [9.17, 15) is 14.7 Å². The molecule has 1 aliphatic heterocycles. The van der Waals surface area contributed by atoms with E-state index in [1.807, 2.05) is 30.3 Å². The molecule has 2 heterocycles. The number of amides is 1. The van der Waals surface area contributed by atoms with Crippen molar-refractivity contribution in [2.24, 2.45) is 0 Å². The zero-order valence-corrected chi connectivity index (χ0v) is 13.0. The summed E-state index contributed by atoms with van der Waals surface area (Å²) in [7, 11) is 0. The van der Waals surface area contributed by atoms with Gasteiger partial charge in [0.15, 0.2) is 11.6 Å². The van der Waals surface area contributed by atoms with E-state index in [-0.39, 0.29) is 18.1 Å². The van der Waals surface area contributed by atoms with Crippen LogP contribution in [0.1, 0.15) is 12.5 Å². The molecular weight excluding hydrogens is 310 g/mol. The Hall–Kier alpha value is -3.16. The Kier molecular flexibility index (Phi) is 4.28. The Morgan fingerprint density at radius 1 is 1.33 bits per heavy atom. The number of nitrogens with one attached hydrogen (secondary N) is 3. The molecule has 0 radical (unpaired) electrons. The van der Waals surface area contributed by atoms with Crippen LogP contribution in [0.25, 0.3) is 0 Å². The Morgan fingerprint density at radius 3 is 2.79 bits per heavy atom. The number of fused-ring (bicyclic) bond motifs is 1. The average molecular weight is 327 g/mol. The highest BCUT2D eigenvalue weighted by Crippen LogP contribution is 2.30. The number of carbonyl (C=O) groups excluding carboxylic acids is 1. The van der Waals surface area contributed by atoms with Crippen molar-refractivity contribution < 1.29 is 14.7 Å². The van der Waals surface area contributed by atoms with E-state index in [0.29, 0.717) is 11.5 Å². The van der Waals surface area contributed by atoms with Crippen LogP contribution in [0.4, 0.5) is 17.3 Å². The Bertz CT molecular complexity index is 766. The maximum Gasteiger partial charge on any atom is 0.326 e. The SMILES string of the molecule is CC1Nc2ncnc(NC(Cc3ccccc3)C(=O)O)c2NC1=O. The average Bonchev–Trinajstić information content (AvgIpc) is 2.57. The van der Waals surface area contributed by atoms with Crippen LogP contribution in [0.3, 0.4) is 0 Å². The molecule has 0 bridgehead atoms. The second-order valence-corrected chi connectivity index (χ2v) is 5.53. The normalized spacial score (nSPS) is 17.2. The van der Waals surface area contributed by atoms with Gasteiger partial charge in [-0.15, -0.1) is 0 Å². The predicted octanol–water partition coefficient (Wildman–Crippen LogP) is 1.34. The molecule has 1 aromatic carbocycles. The molecule has 124 valence electrons. The van der Waals surface area contributed by atoms with Gasteiger partial charge in [0.05, 0.1) is 0 Å². The van der Waals surface area contributed by atoms with Gasteiger partial charge in [0.25, 0.3) is 0 Å². The summed E-state index contributed by atoms with van der Waals surface area (Å²) in [6, 6.07) is 7.99. The summed E-state index contributed by atoms with van der Waals surface area (Å²) < 4.78 is 0. The van der Waals surface area contributed by atoms with E-state index in [1.54, 1.807) is 6.92 Å². The minimum atomic E-state index is -1.00. The van der Waals surface area contributed by atoms with Gasteiger partial charge in [-0.05, 0) is 12.5 Å². The van der Waals surface area contributed by atoms with Crippen molar-refractivity contribution in [1.82, 2.24) is 9.97 Å². The van der Waals surface area contributed by atoms with Gasteiger partial charge in [-0.25, -0.2) is 14.8 Å². The van der Waals surface area contributed by atoms with Crippen molar-refractivity contribution in [1.29, 1.82) is 0 Å². The van der Waals surface area contributed by atoms with Crippen molar-refractivity contribution in [2.45, 2.75) is 25.4 Å². The summed E-state index contributed by atoms with van der Waals surface area (Å²) in [5, 5.41) is 18.0. The summed E-state index contributed by atoms with van der Waals surface area (Å²) in [6.45, 7) is 1.71. The molecule has 0 fully saturated rings. The second-order valence-electron chi connectivity index (χ2n) is 5.53. The van der Waals surface area contributed by atoms with Crippen molar-refractivity contribution in [3.8, 4) is 0 Å². The quantitative estimate of drug-likeness (QED) is 0.655. The monoisotopic (exact) mass is 327 g/mol. The highest BCUT2D eigenvalue weighted by atomic mass is 16.4. The smallest absolute Gasteiger partial charge is 0.326 e. The first-order chi connectivity index (χ1) is 11.5. The summed E-state index contributed by atoms with van der Waals surface area (Å²) in [5.41, 5.74) is 1.25. The number of carboxylic acid groups (broad SMARTS) is 1. The van der Waals surface area contributed by atoms with Gasteiger partial charge in [-0.3, -0.25) is 4.79 Å². The Morgan fingerprint density at radius 2 is 2.08 bits per heavy atom. The molecule has 1 aromatic heterocycles. The molecule has 1 amide bonds. The Balaban J connectivity index is 1.85. The van der Waals surface area contributed by atoms with Gasteiger partial charge < -0.3 is 21.1 Å². The predicted molar refractivity (Wildman–Crippen MR) is 88.9 cm³/mol. The first kappa shape index (κ1) is 15.7. The number of hydrogen-bond acceptors (Lipinski definition) is 6. The molecule has 3 rings (SSSR count). The van der Waals surface area contributed by atoms with Crippen LogP contribution in [0.2, 0.25) is 0 Å². The zero-order chi connectivity index (χ0) is 17.1. The molecule has 0 spiro atoms. The van der Waals surface area contributed by atoms with Crippen molar-refractivity contribution in [3.63, 3.8) is 0 Å². The lowest BCUT2D eigenvalue weighted by molar-refractivity contribution is -0.137. The maximum atomic E-state index is 11.8. The molecule has 1 aliphatic rings. The maximum absolute atomic E-state index is 11.8. The van der Waals surface area contributed by atoms with Crippen molar-refractivity contribution >= 4 is 29.2 Å². The minimum absolute atomic E-state index is 0.227. The van der Waals surface area contributed by atoms with Crippen LogP contribution in [-0.2, 0) is 16.0 Å². The first-order valence-corrected chi connectivity index (χ1v) is 7.50. The van der Waals surface area contributed by atoms with Crippen LogP contribution in [0, 0.1) is 0 Å². The van der Waals surface area contributed by atoms with E-state index in [1.165, 1.54) is 6.33 Å². The van der Waals surface area contributed by atoms with E-state index in [0.717, 1.165) is 5.56 Å². The summed E-state index contributed by atoms with van der Waals surface area (Å²) in [5.74, 6) is -0.496. The molecule has 4 N–H and O–H groups in total. The lowest BCUT2D eigenvalue weighted by atomic mass is 10.1. The summed E-state index contributed by atoms with van der Waals surface area (Å²) >= 11 is 0. The minimum Gasteiger partial charge on any atom is -0.480 e. The fourth-order valence-corrected chi connectivity index (χ4v) is 2.44. The molecule has 8 heteroatoms. The number of benzene rings is 1.